The fourth-order valence-corrected chi connectivity index (χ4v) is 2.98. The molecule has 2 N–H and O–H groups in total. The van der Waals surface area contributed by atoms with Gasteiger partial charge >= 0.3 is 5.97 Å². The highest BCUT2D eigenvalue weighted by molar-refractivity contribution is 7.89. The van der Waals surface area contributed by atoms with Crippen LogP contribution in [0.3, 0.4) is 0 Å². The number of rotatable bonds is 5. The van der Waals surface area contributed by atoms with Crippen molar-refractivity contribution in [3.8, 4) is 0 Å². The second kappa shape index (κ2) is 5.69. The Morgan fingerprint density at radius 1 is 1.39 bits per heavy atom. The molecule has 7 heteroatoms. The van der Waals surface area contributed by atoms with Gasteiger partial charge in [-0.15, -0.1) is 0 Å². The molecule has 100 valence electrons. The molecule has 1 unspecified atom stereocenters. The van der Waals surface area contributed by atoms with Crippen molar-refractivity contribution in [2.24, 2.45) is 5.92 Å². The third kappa shape index (κ3) is 3.69. The van der Waals surface area contributed by atoms with Gasteiger partial charge < -0.3 is 5.11 Å². The van der Waals surface area contributed by atoms with Gasteiger partial charge in [-0.2, -0.15) is 4.72 Å². The summed E-state index contributed by atoms with van der Waals surface area (Å²) in [6, 6.07) is 4.48. The number of carbonyl (C=O) groups is 1. The fourth-order valence-electron chi connectivity index (χ4n) is 1.34. The van der Waals surface area contributed by atoms with Crippen LogP contribution in [0.5, 0.6) is 0 Å². The van der Waals surface area contributed by atoms with Gasteiger partial charge in [0.25, 0.3) is 0 Å². The van der Waals surface area contributed by atoms with E-state index in [2.05, 4.69) is 4.72 Å². The summed E-state index contributed by atoms with van der Waals surface area (Å²) in [4.78, 5) is 10.9. The summed E-state index contributed by atoms with van der Waals surface area (Å²) in [5.41, 5.74) is 0. The third-order valence-corrected chi connectivity index (χ3v) is 4.00. The minimum atomic E-state index is -3.89. The Morgan fingerprint density at radius 2 is 2.00 bits per heavy atom. The molecule has 1 aromatic carbocycles. The van der Waals surface area contributed by atoms with Gasteiger partial charge in [-0.05, 0) is 24.1 Å². The van der Waals surface area contributed by atoms with Crippen LogP contribution in [-0.4, -0.2) is 25.5 Å². The van der Waals surface area contributed by atoms with Gasteiger partial charge in [-0.25, -0.2) is 8.42 Å². The summed E-state index contributed by atoms with van der Waals surface area (Å²) in [6.45, 7) is 3.25. The largest absolute Gasteiger partial charge is 0.480 e. The smallest absolute Gasteiger partial charge is 0.322 e. The maximum Gasteiger partial charge on any atom is 0.322 e. The molecule has 0 aromatic heterocycles. The van der Waals surface area contributed by atoms with Crippen molar-refractivity contribution in [3.05, 3.63) is 29.3 Å². The molecule has 0 bridgehead atoms. The molecule has 18 heavy (non-hydrogen) atoms. The SMILES string of the molecule is CC(C)C(NS(=O)(=O)c1cccc(Cl)c1)C(=O)O. The zero-order chi connectivity index (χ0) is 13.9. The predicted molar refractivity (Wildman–Crippen MR) is 68.0 cm³/mol. The van der Waals surface area contributed by atoms with Crippen molar-refractivity contribution >= 4 is 27.6 Å². The molecule has 0 aliphatic rings. The van der Waals surface area contributed by atoms with Crippen LogP contribution in [0.15, 0.2) is 29.2 Å². The van der Waals surface area contributed by atoms with E-state index in [0.717, 1.165) is 0 Å². The van der Waals surface area contributed by atoms with Crippen molar-refractivity contribution in [3.63, 3.8) is 0 Å². The first-order chi connectivity index (χ1) is 8.24. The van der Waals surface area contributed by atoms with Crippen LogP contribution in [0.25, 0.3) is 0 Å². The standard InChI is InChI=1S/C11H14ClNO4S/c1-7(2)10(11(14)15)13-18(16,17)9-5-3-4-8(12)6-9/h3-7,10,13H,1-2H3,(H,14,15). The van der Waals surface area contributed by atoms with Gasteiger partial charge in [-0.3, -0.25) is 4.79 Å². The van der Waals surface area contributed by atoms with Gasteiger partial charge in [0, 0.05) is 5.02 Å². The van der Waals surface area contributed by atoms with Crippen LogP contribution in [-0.2, 0) is 14.8 Å². The van der Waals surface area contributed by atoms with E-state index in [9.17, 15) is 13.2 Å². The lowest BCUT2D eigenvalue weighted by Crippen LogP contribution is -2.44. The van der Waals surface area contributed by atoms with E-state index in [1.54, 1.807) is 13.8 Å². The van der Waals surface area contributed by atoms with Crippen LogP contribution in [0.4, 0.5) is 0 Å². The molecule has 0 aliphatic heterocycles. The molecule has 0 saturated carbocycles. The highest BCUT2D eigenvalue weighted by atomic mass is 35.5. The molecule has 1 rings (SSSR count). The van der Waals surface area contributed by atoms with Crippen molar-refractivity contribution in [2.75, 3.05) is 0 Å². The van der Waals surface area contributed by atoms with Crippen LogP contribution in [0, 0.1) is 5.92 Å². The van der Waals surface area contributed by atoms with E-state index in [4.69, 9.17) is 16.7 Å². The summed E-state index contributed by atoms with van der Waals surface area (Å²) in [6.07, 6.45) is 0. The number of hydrogen-bond acceptors (Lipinski definition) is 3. The average molecular weight is 292 g/mol. The zero-order valence-corrected chi connectivity index (χ0v) is 11.5. The third-order valence-electron chi connectivity index (χ3n) is 2.32. The van der Waals surface area contributed by atoms with Crippen LogP contribution >= 0.6 is 11.6 Å². The number of carboxylic acids is 1. The Bertz CT molecular complexity index is 542. The van der Waals surface area contributed by atoms with Crippen LogP contribution in [0.2, 0.25) is 5.02 Å². The Balaban J connectivity index is 3.05. The molecule has 0 radical (unpaired) electrons. The summed E-state index contributed by atoms with van der Waals surface area (Å²) in [5, 5.41) is 9.23. The van der Waals surface area contributed by atoms with Gasteiger partial charge in [0.2, 0.25) is 10.0 Å². The molecular weight excluding hydrogens is 278 g/mol. The van der Waals surface area contributed by atoms with Crippen molar-refractivity contribution in [2.45, 2.75) is 24.8 Å². The number of sulfonamides is 1. The monoisotopic (exact) mass is 291 g/mol. The molecule has 1 aromatic rings. The van der Waals surface area contributed by atoms with Crippen molar-refractivity contribution in [1.29, 1.82) is 0 Å². The van der Waals surface area contributed by atoms with Gasteiger partial charge in [0.15, 0.2) is 0 Å². The Hall–Kier alpha value is -1.11. The number of nitrogens with one attached hydrogen (secondary N) is 1. The predicted octanol–water partition coefficient (Wildman–Crippen LogP) is 1.73. The van der Waals surface area contributed by atoms with Crippen LogP contribution < -0.4 is 4.72 Å². The second-order valence-corrected chi connectivity index (χ2v) is 6.29. The van der Waals surface area contributed by atoms with E-state index < -0.39 is 22.0 Å². The molecule has 0 aliphatic carbocycles. The first-order valence-corrected chi connectivity index (χ1v) is 7.11. The number of halogens is 1. The van der Waals surface area contributed by atoms with Gasteiger partial charge in [0.05, 0.1) is 4.90 Å². The molecule has 0 spiro atoms. The maximum absolute atomic E-state index is 12.0. The maximum atomic E-state index is 12.0. The quantitative estimate of drug-likeness (QED) is 0.865. The van der Waals surface area contributed by atoms with Crippen molar-refractivity contribution < 1.29 is 18.3 Å². The van der Waals surface area contributed by atoms with Crippen LogP contribution in [0.1, 0.15) is 13.8 Å². The van der Waals surface area contributed by atoms with E-state index in [-0.39, 0.29) is 15.8 Å². The van der Waals surface area contributed by atoms with E-state index in [0.29, 0.717) is 0 Å². The Morgan fingerprint density at radius 3 is 2.44 bits per heavy atom. The lowest BCUT2D eigenvalue weighted by atomic mass is 10.1. The van der Waals surface area contributed by atoms with E-state index in [1.165, 1.54) is 24.3 Å². The molecule has 0 fully saturated rings. The summed E-state index contributed by atoms with van der Waals surface area (Å²) < 4.78 is 26.1. The molecular formula is C11H14ClNO4S. The topological polar surface area (TPSA) is 83.5 Å². The average Bonchev–Trinajstić information content (AvgIpc) is 2.25. The fraction of sp³-hybridized carbons (Fsp3) is 0.364. The second-order valence-electron chi connectivity index (χ2n) is 4.14. The zero-order valence-electron chi connectivity index (χ0n) is 9.92. The van der Waals surface area contributed by atoms with E-state index >= 15 is 0 Å². The van der Waals surface area contributed by atoms with Gasteiger partial charge in [-0.1, -0.05) is 31.5 Å². The molecule has 1 atom stereocenters. The first-order valence-electron chi connectivity index (χ1n) is 5.25. The summed E-state index contributed by atoms with van der Waals surface area (Å²) >= 11 is 5.70. The highest BCUT2D eigenvalue weighted by Crippen LogP contribution is 2.16. The first kappa shape index (κ1) is 14.9. The Labute approximate surface area is 111 Å². The molecule has 0 heterocycles. The lowest BCUT2D eigenvalue weighted by Gasteiger charge is -2.17. The molecule has 0 saturated heterocycles. The highest BCUT2D eigenvalue weighted by Gasteiger charge is 2.27. The number of carboxylic acid groups (broad SMARTS) is 1. The van der Waals surface area contributed by atoms with E-state index in [1.807, 2.05) is 0 Å². The Kier molecular flexibility index (Phi) is 4.72. The minimum absolute atomic E-state index is 0.0538. The molecule has 5 nitrogen and oxygen atoms in total. The number of aliphatic carboxylic acids is 1. The lowest BCUT2D eigenvalue weighted by molar-refractivity contribution is -0.140. The number of benzene rings is 1. The summed E-state index contributed by atoms with van der Waals surface area (Å²) in [7, 11) is -3.89. The number of hydrogen-bond donors (Lipinski definition) is 2. The van der Waals surface area contributed by atoms with Gasteiger partial charge in [0.1, 0.15) is 6.04 Å². The normalized spacial score (nSPS) is 13.6. The minimum Gasteiger partial charge on any atom is -0.480 e. The summed E-state index contributed by atoms with van der Waals surface area (Å²) in [5.74, 6) is -1.58. The molecule has 0 amide bonds. The van der Waals surface area contributed by atoms with Crippen molar-refractivity contribution in [1.82, 2.24) is 4.72 Å².